The van der Waals surface area contributed by atoms with E-state index in [1.807, 2.05) is 72.8 Å². The molecule has 1 N–H and O–H groups in total. The Bertz CT molecular complexity index is 956. The third-order valence-electron chi connectivity index (χ3n) is 3.95. The summed E-state index contributed by atoms with van der Waals surface area (Å²) in [4.78, 5) is 12.1. The smallest absolute Gasteiger partial charge is 0.248 e. The number of carbonyl (C=O) groups is 1. The molecule has 4 nitrogen and oxygen atoms in total. The molecule has 0 bridgehead atoms. The van der Waals surface area contributed by atoms with E-state index in [0.717, 1.165) is 21.3 Å². The van der Waals surface area contributed by atoms with Crippen molar-refractivity contribution >= 4 is 33.6 Å². The van der Waals surface area contributed by atoms with Crippen LogP contribution in [0.3, 0.4) is 0 Å². The quantitative estimate of drug-likeness (QED) is 0.483. The van der Waals surface area contributed by atoms with Crippen molar-refractivity contribution < 1.29 is 14.3 Å². The molecule has 0 saturated carbocycles. The molecule has 5 heteroatoms. The number of methoxy groups -OCH3 is 1. The SMILES string of the molecule is COc1cc(/C=C/C(=O)Nc2ccccc2)cc(Br)c1OCc1ccccc1. The number of hydrogen-bond acceptors (Lipinski definition) is 3. The molecular weight excluding hydrogens is 418 g/mol. The Kier molecular flexibility index (Phi) is 6.87. The molecule has 1 amide bonds. The Labute approximate surface area is 172 Å². The highest BCUT2D eigenvalue weighted by atomic mass is 79.9. The van der Waals surface area contributed by atoms with E-state index < -0.39 is 0 Å². The average molecular weight is 438 g/mol. The Morgan fingerprint density at radius 2 is 1.71 bits per heavy atom. The number of anilines is 1. The molecule has 142 valence electrons. The molecular formula is C23H20BrNO3. The van der Waals surface area contributed by atoms with Crippen LogP contribution in [-0.4, -0.2) is 13.0 Å². The van der Waals surface area contributed by atoms with Gasteiger partial charge in [-0.3, -0.25) is 4.79 Å². The van der Waals surface area contributed by atoms with Gasteiger partial charge in [-0.15, -0.1) is 0 Å². The lowest BCUT2D eigenvalue weighted by Gasteiger charge is -2.13. The van der Waals surface area contributed by atoms with Crippen LogP contribution < -0.4 is 14.8 Å². The Balaban J connectivity index is 1.70. The van der Waals surface area contributed by atoms with Crippen molar-refractivity contribution in [2.45, 2.75) is 6.61 Å². The molecule has 0 fully saturated rings. The van der Waals surface area contributed by atoms with E-state index in [9.17, 15) is 4.79 Å². The third-order valence-corrected chi connectivity index (χ3v) is 4.54. The molecule has 0 aliphatic rings. The van der Waals surface area contributed by atoms with Crippen LogP contribution in [0.15, 0.2) is 83.3 Å². The maximum Gasteiger partial charge on any atom is 0.248 e. The van der Waals surface area contributed by atoms with Gasteiger partial charge in [-0.1, -0.05) is 48.5 Å². The van der Waals surface area contributed by atoms with Gasteiger partial charge in [0.2, 0.25) is 5.91 Å². The summed E-state index contributed by atoms with van der Waals surface area (Å²) < 4.78 is 12.2. The summed E-state index contributed by atoms with van der Waals surface area (Å²) in [6.45, 7) is 0.435. The summed E-state index contributed by atoms with van der Waals surface area (Å²) in [6.07, 6.45) is 3.21. The zero-order chi connectivity index (χ0) is 19.8. The summed E-state index contributed by atoms with van der Waals surface area (Å²) >= 11 is 3.53. The topological polar surface area (TPSA) is 47.6 Å². The fourth-order valence-electron chi connectivity index (χ4n) is 2.58. The van der Waals surface area contributed by atoms with Crippen LogP contribution in [0.1, 0.15) is 11.1 Å². The predicted molar refractivity (Wildman–Crippen MR) is 116 cm³/mol. The molecule has 3 rings (SSSR count). The molecule has 0 aliphatic carbocycles. The van der Waals surface area contributed by atoms with Crippen LogP contribution in [0.5, 0.6) is 11.5 Å². The first-order valence-electron chi connectivity index (χ1n) is 8.74. The molecule has 0 aliphatic heterocycles. The number of benzene rings is 3. The van der Waals surface area contributed by atoms with Gasteiger partial charge in [0, 0.05) is 11.8 Å². The molecule has 3 aromatic rings. The summed E-state index contributed by atoms with van der Waals surface area (Å²) in [5, 5.41) is 2.81. The van der Waals surface area contributed by atoms with E-state index in [4.69, 9.17) is 9.47 Å². The van der Waals surface area contributed by atoms with Gasteiger partial charge in [0.05, 0.1) is 11.6 Å². The monoisotopic (exact) mass is 437 g/mol. The first-order valence-corrected chi connectivity index (χ1v) is 9.53. The number of amides is 1. The van der Waals surface area contributed by atoms with Gasteiger partial charge in [0.15, 0.2) is 11.5 Å². The molecule has 0 unspecified atom stereocenters. The van der Waals surface area contributed by atoms with E-state index >= 15 is 0 Å². The van der Waals surface area contributed by atoms with Crippen LogP contribution >= 0.6 is 15.9 Å². The highest BCUT2D eigenvalue weighted by Crippen LogP contribution is 2.37. The molecule has 0 spiro atoms. The summed E-state index contributed by atoms with van der Waals surface area (Å²) in [5.74, 6) is 1.01. The number of para-hydroxylation sites is 1. The normalized spacial score (nSPS) is 10.6. The highest BCUT2D eigenvalue weighted by Gasteiger charge is 2.11. The summed E-state index contributed by atoms with van der Waals surface area (Å²) in [5.41, 5.74) is 2.64. The van der Waals surface area contributed by atoms with Crippen LogP contribution in [0, 0.1) is 0 Å². The first-order chi connectivity index (χ1) is 13.7. The van der Waals surface area contributed by atoms with Gasteiger partial charge in [-0.05, 0) is 57.4 Å². The number of nitrogens with one attached hydrogen (secondary N) is 1. The van der Waals surface area contributed by atoms with Crippen LogP contribution in [0.2, 0.25) is 0 Å². The van der Waals surface area contributed by atoms with Crippen LogP contribution in [0.4, 0.5) is 5.69 Å². The maximum absolute atomic E-state index is 12.1. The second kappa shape index (κ2) is 9.76. The van der Waals surface area contributed by atoms with Gasteiger partial charge in [-0.25, -0.2) is 0 Å². The molecule has 0 aromatic heterocycles. The van der Waals surface area contributed by atoms with Crippen molar-refractivity contribution in [2.75, 3.05) is 12.4 Å². The van der Waals surface area contributed by atoms with E-state index in [-0.39, 0.29) is 5.91 Å². The van der Waals surface area contributed by atoms with Crippen LogP contribution in [-0.2, 0) is 11.4 Å². The third kappa shape index (κ3) is 5.47. The van der Waals surface area contributed by atoms with Crippen molar-refractivity contribution in [3.63, 3.8) is 0 Å². The van der Waals surface area contributed by atoms with Gasteiger partial charge in [0.1, 0.15) is 6.61 Å². The Hall–Kier alpha value is -3.05. The zero-order valence-corrected chi connectivity index (χ0v) is 17.0. The molecule has 0 saturated heterocycles. The minimum atomic E-state index is -0.203. The highest BCUT2D eigenvalue weighted by molar-refractivity contribution is 9.10. The number of halogens is 1. The lowest BCUT2D eigenvalue weighted by atomic mass is 10.2. The summed E-state index contributed by atoms with van der Waals surface area (Å²) in [7, 11) is 1.59. The predicted octanol–water partition coefficient (Wildman–Crippen LogP) is 5.69. The average Bonchev–Trinajstić information content (AvgIpc) is 2.72. The van der Waals surface area contributed by atoms with Gasteiger partial charge in [0.25, 0.3) is 0 Å². The Morgan fingerprint density at radius 1 is 1.04 bits per heavy atom. The fraction of sp³-hybridized carbons (Fsp3) is 0.0870. The van der Waals surface area contributed by atoms with Crippen molar-refractivity contribution in [2.24, 2.45) is 0 Å². The lowest BCUT2D eigenvalue weighted by molar-refractivity contribution is -0.111. The summed E-state index contributed by atoms with van der Waals surface area (Å²) in [6, 6.07) is 22.9. The van der Waals surface area contributed by atoms with Gasteiger partial charge in [-0.2, -0.15) is 0 Å². The van der Waals surface area contributed by atoms with E-state index in [1.165, 1.54) is 6.08 Å². The van der Waals surface area contributed by atoms with Gasteiger partial charge >= 0.3 is 0 Å². The van der Waals surface area contributed by atoms with E-state index in [1.54, 1.807) is 13.2 Å². The number of ether oxygens (including phenoxy) is 2. The minimum Gasteiger partial charge on any atom is -0.493 e. The lowest BCUT2D eigenvalue weighted by Crippen LogP contribution is -2.07. The number of carbonyl (C=O) groups excluding carboxylic acids is 1. The first kappa shape index (κ1) is 19.7. The number of rotatable bonds is 7. The molecule has 0 heterocycles. The standard InChI is InChI=1S/C23H20BrNO3/c1-27-21-15-18(12-13-22(26)25-19-10-6-3-7-11-19)14-20(24)23(21)28-16-17-8-4-2-5-9-17/h2-15H,16H2,1H3,(H,25,26)/b13-12+. The maximum atomic E-state index is 12.1. The van der Waals surface area contributed by atoms with E-state index in [2.05, 4.69) is 21.2 Å². The van der Waals surface area contributed by atoms with E-state index in [0.29, 0.717) is 18.1 Å². The largest absolute Gasteiger partial charge is 0.493 e. The van der Waals surface area contributed by atoms with Crippen molar-refractivity contribution in [1.82, 2.24) is 0 Å². The second-order valence-electron chi connectivity index (χ2n) is 6.00. The number of hydrogen-bond donors (Lipinski definition) is 1. The molecule has 28 heavy (non-hydrogen) atoms. The van der Waals surface area contributed by atoms with Crippen LogP contribution in [0.25, 0.3) is 6.08 Å². The second-order valence-corrected chi connectivity index (χ2v) is 6.85. The molecule has 0 atom stereocenters. The van der Waals surface area contributed by atoms with Crippen molar-refractivity contribution in [1.29, 1.82) is 0 Å². The van der Waals surface area contributed by atoms with Gasteiger partial charge < -0.3 is 14.8 Å². The molecule has 3 aromatic carbocycles. The Morgan fingerprint density at radius 3 is 2.39 bits per heavy atom. The minimum absolute atomic E-state index is 0.203. The molecule has 0 radical (unpaired) electrons. The van der Waals surface area contributed by atoms with Crippen molar-refractivity contribution in [3.8, 4) is 11.5 Å². The zero-order valence-electron chi connectivity index (χ0n) is 15.4. The van der Waals surface area contributed by atoms with Crippen molar-refractivity contribution in [3.05, 3.63) is 94.5 Å². The fourth-order valence-corrected chi connectivity index (χ4v) is 3.16.